The van der Waals surface area contributed by atoms with Gasteiger partial charge in [0.05, 0.1) is 12.1 Å². The van der Waals surface area contributed by atoms with Crippen molar-refractivity contribution in [3.63, 3.8) is 0 Å². The lowest BCUT2D eigenvalue weighted by Gasteiger charge is -2.11. The fourth-order valence-corrected chi connectivity index (χ4v) is 2.38. The first-order valence-electron chi connectivity index (χ1n) is 6.09. The minimum absolute atomic E-state index is 0.106. The zero-order valence-corrected chi connectivity index (χ0v) is 11.5. The number of nitrogens with zero attached hydrogens (tertiary/aromatic N) is 2. The summed E-state index contributed by atoms with van der Waals surface area (Å²) in [6.07, 6.45) is 0.985. The van der Waals surface area contributed by atoms with Crippen LogP contribution in [0.3, 0.4) is 0 Å². The van der Waals surface area contributed by atoms with E-state index >= 15 is 0 Å². The molecule has 5 nitrogen and oxygen atoms in total. The van der Waals surface area contributed by atoms with Gasteiger partial charge in [0, 0.05) is 11.4 Å². The van der Waals surface area contributed by atoms with Crippen LogP contribution in [0.25, 0.3) is 0 Å². The monoisotopic (exact) mass is 265 g/mol. The third-order valence-corrected chi connectivity index (χ3v) is 3.80. The maximum atomic E-state index is 5.76. The van der Waals surface area contributed by atoms with Crippen LogP contribution in [0.4, 0.5) is 0 Å². The van der Waals surface area contributed by atoms with E-state index in [1.807, 2.05) is 13.8 Å². The average molecular weight is 265 g/mol. The lowest BCUT2D eigenvalue weighted by Crippen LogP contribution is -2.44. The number of nitrogens with one attached hydrogen (secondary N) is 2. The van der Waals surface area contributed by atoms with E-state index in [4.69, 9.17) is 5.73 Å². The number of thiophene rings is 1. The van der Waals surface area contributed by atoms with Crippen LogP contribution in [0.15, 0.2) is 27.5 Å². The molecule has 0 saturated heterocycles. The summed E-state index contributed by atoms with van der Waals surface area (Å²) in [5.41, 5.74) is 5.76. The molecule has 0 aromatic carbocycles. The second kappa shape index (κ2) is 5.86. The smallest absolute Gasteiger partial charge is 0.198 e. The Morgan fingerprint density at radius 1 is 1.39 bits per heavy atom. The summed E-state index contributed by atoms with van der Waals surface area (Å²) >= 11 is 1.77. The molecule has 0 saturated carbocycles. The van der Waals surface area contributed by atoms with Gasteiger partial charge in [-0.1, -0.05) is 6.07 Å². The Labute approximate surface area is 111 Å². The van der Waals surface area contributed by atoms with Crippen molar-refractivity contribution in [3.05, 3.63) is 22.4 Å². The second-order valence-electron chi connectivity index (χ2n) is 4.35. The molecule has 6 heteroatoms. The van der Waals surface area contributed by atoms with Gasteiger partial charge < -0.3 is 11.1 Å². The molecule has 0 aliphatic carbocycles. The Hall–Kier alpha value is -1.56. The fourth-order valence-electron chi connectivity index (χ4n) is 1.67. The zero-order chi connectivity index (χ0) is 13.0. The lowest BCUT2D eigenvalue weighted by atomic mass is 10.2. The average Bonchev–Trinajstić information content (AvgIpc) is 2.77. The minimum Gasteiger partial charge on any atom is -0.370 e. The standard InChI is InChI=1S/C12H19N5S/c1-8-9(2)16-12(17-11(13)15-8)14-6-5-10-4-3-7-18-10/h3-4,7-9H,5-6H2,1-2H3,(H4,13,14,15,16,17)/t8-,9?/m1/s1. The summed E-state index contributed by atoms with van der Waals surface area (Å²) in [4.78, 5) is 10.2. The Bertz CT molecular complexity index is 437. The van der Waals surface area contributed by atoms with Gasteiger partial charge in [-0.15, -0.1) is 11.3 Å². The van der Waals surface area contributed by atoms with Gasteiger partial charge >= 0.3 is 0 Å². The second-order valence-corrected chi connectivity index (χ2v) is 5.39. The summed E-state index contributed by atoms with van der Waals surface area (Å²) in [7, 11) is 0. The Balaban J connectivity index is 1.88. The number of hydrogen-bond donors (Lipinski definition) is 3. The van der Waals surface area contributed by atoms with Crippen molar-refractivity contribution >= 4 is 23.3 Å². The van der Waals surface area contributed by atoms with E-state index in [0.717, 1.165) is 13.0 Å². The zero-order valence-electron chi connectivity index (χ0n) is 10.7. The molecule has 0 fully saturated rings. The quantitative estimate of drug-likeness (QED) is 0.761. The van der Waals surface area contributed by atoms with E-state index in [9.17, 15) is 0 Å². The Morgan fingerprint density at radius 2 is 2.17 bits per heavy atom. The minimum atomic E-state index is 0.106. The predicted octanol–water partition coefficient (Wildman–Crippen LogP) is 0.931. The maximum absolute atomic E-state index is 5.76. The Morgan fingerprint density at radius 3 is 2.89 bits per heavy atom. The number of hydrogen-bond acceptors (Lipinski definition) is 6. The van der Waals surface area contributed by atoms with Crippen LogP contribution < -0.4 is 16.4 Å². The number of aliphatic imine (C=N–C) groups is 2. The molecular formula is C12H19N5S. The molecule has 98 valence electrons. The summed E-state index contributed by atoms with van der Waals surface area (Å²) in [5, 5.41) is 8.34. The van der Waals surface area contributed by atoms with Gasteiger partial charge in [0.25, 0.3) is 0 Å². The van der Waals surface area contributed by atoms with Gasteiger partial charge in [0.2, 0.25) is 0 Å². The first-order valence-corrected chi connectivity index (χ1v) is 6.97. The molecule has 2 atom stereocenters. The van der Waals surface area contributed by atoms with E-state index in [2.05, 4.69) is 38.1 Å². The van der Waals surface area contributed by atoms with Gasteiger partial charge in [-0.2, -0.15) is 0 Å². The molecule has 2 rings (SSSR count). The van der Waals surface area contributed by atoms with Gasteiger partial charge in [-0.05, 0) is 31.7 Å². The topological polar surface area (TPSA) is 74.8 Å². The Kier molecular flexibility index (Phi) is 4.19. The van der Waals surface area contributed by atoms with Crippen LogP contribution in [0.5, 0.6) is 0 Å². The van der Waals surface area contributed by atoms with Crippen LogP contribution >= 0.6 is 11.3 Å². The predicted molar refractivity (Wildman–Crippen MR) is 77.1 cm³/mol. The van der Waals surface area contributed by atoms with Crippen LogP contribution in [0, 0.1) is 0 Å². The molecule has 1 aromatic heterocycles. The molecule has 18 heavy (non-hydrogen) atoms. The first-order chi connectivity index (χ1) is 8.65. The van der Waals surface area contributed by atoms with Crippen LogP contribution in [0.1, 0.15) is 18.7 Å². The van der Waals surface area contributed by atoms with Crippen molar-refractivity contribution in [3.8, 4) is 0 Å². The van der Waals surface area contributed by atoms with E-state index in [0.29, 0.717) is 11.9 Å². The SMILES string of the molecule is CC1N=C(NCCc2cccs2)NC(N)=N[C@@H]1C. The van der Waals surface area contributed by atoms with Gasteiger partial charge in [-0.25, -0.2) is 9.98 Å². The highest BCUT2D eigenvalue weighted by molar-refractivity contribution is 7.09. The van der Waals surface area contributed by atoms with Crippen molar-refractivity contribution < 1.29 is 0 Å². The number of guanidine groups is 2. The molecule has 4 N–H and O–H groups in total. The summed E-state index contributed by atoms with van der Waals surface area (Å²) in [6, 6.07) is 4.43. The van der Waals surface area contributed by atoms with Gasteiger partial charge in [-0.3, -0.25) is 5.32 Å². The first kappa shape index (κ1) is 12.9. The normalized spacial score (nSPS) is 23.7. The molecule has 0 bridgehead atoms. The van der Waals surface area contributed by atoms with Crippen molar-refractivity contribution in [2.75, 3.05) is 6.54 Å². The molecule has 1 aliphatic heterocycles. The van der Waals surface area contributed by atoms with Gasteiger partial charge in [0.15, 0.2) is 11.9 Å². The number of nitrogens with two attached hydrogens (primary N) is 1. The molecule has 0 amide bonds. The third-order valence-electron chi connectivity index (χ3n) is 2.86. The number of rotatable bonds is 3. The highest BCUT2D eigenvalue weighted by Crippen LogP contribution is 2.08. The molecule has 2 heterocycles. The van der Waals surface area contributed by atoms with Gasteiger partial charge in [0.1, 0.15) is 0 Å². The van der Waals surface area contributed by atoms with E-state index in [1.165, 1.54) is 4.88 Å². The van der Waals surface area contributed by atoms with Crippen molar-refractivity contribution in [1.29, 1.82) is 0 Å². The van der Waals surface area contributed by atoms with E-state index < -0.39 is 0 Å². The highest BCUT2D eigenvalue weighted by atomic mass is 32.1. The third kappa shape index (κ3) is 3.46. The molecule has 0 radical (unpaired) electrons. The van der Waals surface area contributed by atoms with E-state index in [-0.39, 0.29) is 12.1 Å². The summed E-state index contributed by atoms with van der Waals surface area (Å²) < 4.78 is 0. The summed E-state index contributed by atoms with van der Waals surface area (Å²) in [6.45, 7) is 4.88. The van der Waals surface area contributed by atoms with Crippen LogP contribution in [-0.2, 0) is 6.42 Å². The molecule has 0 spiro atoms. The molecular weight excluding hydrogens is 246 g/mol. The van der Waals surface area contributed by atoms with Crippen molar-refractivity contribution in [1.82, 2.24) is 10.6 Å². The maximum Gasteiger partial charge on any atom is 0.198 e. The molecule has 1 unspecified atom stereocenters. The summed E-state index contributed by atoms with van der Waals surface area (Å²) in [5.74, 6) is 1.14. The highest BCUT2D eigenvalue weighted by Gasteiger charge is 2.16. The van der Waals surface area contributed by atoms with Crippen molar-refractivity contribution in [2.24, 2.45) is 15.7 Å². The van der Waals surface area contributed by atoms with Crippen molar-refractivity contribution in [2.45, 2.75) is 32.4 Å². The largest absolute Gasteiger partial charge is 0.370 e. The van der Waals surface area contributed by atoms with E-state index in [1.54, 1.807) is 11.3 Å². The molecule has 1 aliphatic rings. The lowest BCUT2D eigenvalue weighted by molar-refractivity contribution is 0.608. The fraction of sp³-hybridized carbons (Fsp3) is 0.500. The van der Waals surface area contributed by atoms with Crippen LogP contribution in [0.2, 0.25) is 0 Å². The molecule has 1 aromatic rings. The van der Waals surface area contributed by atoms with Crippen LogP contribution in [-0.4, -0.2) is 30.5 Å².